The maximum Gasteiger partial charge on any atom is 0.00631 e. The highest BCUT2D eigenvalue weighted by Crippen LogP contribution is 2.26. The Morgan fingerprint density at radius 3 is 1.11 bits per heavy atom. The molecule has 4 rings (SSSR count). The van der Waals surface area contributed by atoms with Crippen molar-refractivity contribution >= 4 is 0 Å². The number of nitrogens with two attached hydrogens (primary N) is 2. The Labute approximate surface area is 174 Å². The SMILES string of the molecule is NC1CCN(CC2CCCCC2)CC1.NC1CCN(CC2CCCCC2)CC1. The van der Waals surface area contributed by atoms with Crippen LogP contribution in [0.4, 0.5) is 0 Å². The Hall–Kier alpha value is -0.160. The van der Waals surface area contributed by atoms with E-state index in [0.29, 0.717) is 12.1 Å². The largest absolute Gasteiger partial charge is 0.328 e. The van der Waals surface area contributed by atoms with Gasteiger partial charge in [0.15, 0.2) is 0 Å². The van der Waals surface area contributed by atoms with Crippen LogP contribution in [-0.4, -0.2) is 61.2 Å². The van der Waals surface area contributed by atoms with E-state index in [4.69, 9.17) is 11.5 Å². The highest BCUT2D eigenvalue weighted by atomic mass is 15.1. The maximum absolute atomic E-state index is 5.90. The maximum atomic E-state index is 5.90. The minimum atomic E-state index is 0.484. The molecule has 4 nitrogen and oxygen atoms in total. The number of hydrogen-bond acceptors (Lipinski definition) is 4. The number of hydrogen-bond donors (Lipinski definition) is 2. The molecule has 0 bridgehead atoms. The van der Waals surface area contributed by atoms with Gasteiger partial charge in [0.2, 0.25) is 0 Å². The van der Waals surface area contributed by atoms with E-state index in [1.165, 1.54) is 129 Å². The van der Waals surface area contributed by atoms with Crippen LogP contribution in [0.25, 0.3) is 0 Å². The molecule has 0 aromatic carbocycles. The standard InChI is InChI=1S/2C12H24N2/c2*13-12-6-8-14(9-7-12)10-11-4-2-1-3-5-11/h2*11-12H,1-10,13H2. The first-order chi connectivity index (χ1) is 13.7. The highest BCUT2D eigenvalue weighted by molar-refractivity contribution is 4.78. The van der Waals surface area contributed by atoms with Gasteiger partial charge in [0.1, 0.15) is 0 Å². The Morgan fingerprint density at radius 1 is 0.464 bits per heavy atom. The van der Waals surface area contributed by atoms with Crippen molar-refractivity contribution in [1.29, 1.82) is 0 Å². The Kier molecular flexibility index (Phi) is 10.1. The minimum Gasteiger partial charge on any atom is -0.328 e. The van der Waals surface area contributed by atoms with Gasteiger partial charge in [-0.15, -0.1) is 0 Å². The fourth-order valence-corrected chi connectivity index (χ4v) is 5.74. The van der Waals surface area contributed by atoms with E-state index < -0.39 is 0 Å². The van der Waals surface area contributed by atoms with Gasteiger partial charge in [0.05, 0.1) is 0 Å². The van der Waals surface area contributed by atoms with Gasteiger partial charge in [0, 0.05) is 25.2 Å². The summed E-state index contributed by atoms with van der Waals surface area (Å²) in [5.41, 5.74) is 11.8. The predicted octanol–water partition coefficient (Wildman–Crippen LogP) is 3.98. The average Bonchev–Trinajstić information content (AvgIpc) is 2.74. The Balaban J connectivity index is 0.000000161. The summed E-state index contributed by atoms with van der Waals surface area (Å²) >= 11 is 0. The van der Waals surface area contributed by atoms with E-state index in [9.17, 15) is 0 Å². The molecule has 2 heterocycles. The van der Waals surface area contributed by atoms with E-state index in [-0.39, 0.29) is 0 Å². The molecule has 0 radical (unpaired) electrons. The molecular weight excluding hydrogens is 344 g/mol. The molecule has 4 N–H and O–H groups in total. The van der Waals surface area contributed by atoms with Crippen LogP contribution in [0.1, 0.15) is 89.9 Å². The summed E-state index contributed by atoms with van der Waals surface area (Å²) in [7, 11) is 0. The van der Waals surface area contributed by atoms with Crippen LogP contribution < -0.4 is 11.5 Å². The third-order valence-electron chi connectivity index (χ3n) is 7.75. The molecule has 0 unspecified atom stereocenters. The Morgan fingerprint density at radius 2 is 0.786 bits per heavy atom. The van der Waals surface area contributed by atoms with Crippen LogP contribution in [0.15, 0.2) is 0 Å². The van der Waals surface area contributed by atoms with Crippen LogP contribution in [0.3, 0.4) is 0 Å². The van der Waals surface area contributed by atoms with Gasteiger partial charge in [-0.05, 0) is 89.4 Å². The first-order valence-electron chi connectivity index (χ1n) is 12.6. The van der Waals surface area contributed by atoms with Crippen LogP contribution in [0, 0.1) is 11.8 Å². The number of likely N-dealkylation sites (tertiary alicyclic amines) is 2. The van der Waals surface area contributed by atoms with Gasteiger partial charge in [-0.3, -0.25) is 0 Å². The van der Waals surface area contributed by atoms with Gasteiger partial charge < -0.3 is 21.3 Å². The lowest BCUT2D eigenvalue weighted by Crippen LogP contribution is -2.42. The summed E-state index contributed by atoms with van der Waals surface area (Å²) in [6.07, 6.45) is 19.6. The normalized spacial score (nSPS) is 28.1. The van der Waals surface area contributed by atoms with Crippen molar-refractivity contribution in [2.24, 2.45) is 23.3 Å². The lowest BCUT2D eigenvalue weighted by molar-refractivity contribution is 0.164. The van der Waals surface area contributed by atoms with Gasteiger partial charge in [-0.1, -0.05) is 38.5 Å². The molecule has 28 heavy (non-hydrogen) atoms. The quantitative estimate of drug-likeness (QED) is 0.760. The predicted molar refractivity (Wildman–Crippen MR) is 120 cm³/mol. The van der Waals surface area contributed by atoms with Crippen molar-refractivity contribution in [1.82, 2.24) is 9.80 Å². The molecule has 2 saturated heterocycles. The van der Waals surface area contributed by atoms with Crippen molar-refractivity contribution in [3.63, 3.8) is 0 Å². The van der Waals surface area contributed by atoms with Crippen molar-refractivity contribution in [2.45, 2.75) is 102 Å². The molecule has 0 aromatic heterocycles. The van der Waals surface area contributed by atoms with Crippen LogP contribution in [0.2, 0.25) is 0 Å². The third kappa shape index (κ3) is 8.30. The fraction of sp³-hybridized carbons (Fsp3) is 1.00. The van der Waals surface area contributed by atoms with Crippen molar-refractivity contribution in [3.05, 3.63) is 0 Å². The molecule has 2 aliphatic heterocycles. The first-order valence-corrected chi connectivity index (χ1v) is 12.6. The lowest BCUT2D eigenvalue weighted by Gasteiger charge is -2.34. The van der Waals surface area contributed by atoms with Crippen molar-refractivity contribution in [3.8, 4) is 0 Å². The second-order valence-electron chi connectivity index (χ2n) is 10.3. The Bertz CT molecular complexity index is 349. The topological polar surface area (TPSA) is 58.5 Å². The second-order valence-corrected chi connectivity index (χ2v) is 10.3. The molecule has 0 aromatic rings. The molecule has 0 amide bonds. The monoisotopic (exact) mass is 392 g/mol. The van der Waals surface area contributed by atoms with Crippen LogP contribution in [0.5, 0.6) is 0 Å². The van der Waals surface area contributed by atoms with Crippen molar-refractivity contribution < 1.29 is 0 Å². The molecule has 4 heteroatoms. The van der Waals surface area contributed by atoms with Crippen LogP contribution >= 0.6 is 0 Å². The summed E-state index contributed by atoms with van der Waals surface area (Å²) in [5.74, 6) is 2.00. The zero-order valence-electron chi connectivity index (χ0n) is 18.5. The number of piperidine rings is 2. The van der Waals surface area contributed by atoms with Gasteiger partial charge in [-0.25, -0.2) is 0 Å². The van der Waals surface area contributed by atoms with Gasteiger partial charge in [-0.2, -0.15) is 0 Å². The molecular formula is C24H48N4. The van der Waals surface area contributed by atoms with E-state index in [1.54, 1.807) is 0 Å². The minimum absolute atomic E-state index is 0.484. The molecule has 164 valence electrons. The average molecular weight is 393 g/mol. The van der Waals surface area contributed by atoms with E-state index in [1.807, 2.05) is 0 Å². The van der Waals surface area contributed by atoms with Crippen molar-refractivity contribution in [2.75, 3.05) is 39.3 Å². The smallest absolute Gasteiger partial charge is 0.00631 e. The fourth-order valence-electron chi connectivity index (χ4n) is 5.74. The highest BCUT2D eigenvalue weighted by Gasteiger charge is 2.21. The molecule has 2 aliphatic carbocycles. The summed E-state index contributed by atoms with van der Waals surface area (Å²) in [6.45, 7) is 7.70. The summed E-state index contributed by atoms with van der Waals surface area (Å²) in [6, 6.07) is 0.968. The number of nitrogens with zero attached hydrogens (tertiary/aromatic N) is 2. The lowest BCUT2D eigenvalue weighted by atomic mass is 9.88. The molecule has 0 atom stereocenters. The van der Waals surface area contributed by atoms with Gasteiger partial charge >= 0.3 is 0 Å². The first kappa shape index (κ1) is 22.5. The zero-order valence-corrected chi connectivity index (χ0v) is 18.5. The molecule has 4 fully saturated rings. The summed E-state index contributed by atoms with van der Waals surface area (Å²) < 4.78 is 0. The number of rotatable bonds is 4. The second kappa shape index (κ2) is 12.5. The zero-order chi connectivity index (χ0) is 19.6. The third-order valence-corrected chi connectivity index (χ3v) is 7.75. The van der Waals surface area contributed by atoms with E-state index in [2.05, 4.69) is 9.80 Å². The van der Waals surface area contributed by atoms with Crippen LogP contribution in [-0.2, 0) is 0 Å². The molecule has 0 spiro atoms. The van der Waals surface area contributed by atoms with Gasteiger partial charge in [0.25, 0.3) is 0 Å². The molecule has 4 aliphatic rings. The molecule has 2 saturated carbocycles. The van der Waals surface area contributed by atoms with E-state index >= 15 is 0 Å². The van der Waals surface area contributed by atoms with E-state index in [0.717, 1.165) is 11.8 Å². The summed E-state index contributed by atoms with van der Waals surface area (Å²) in [5, 5.41) is 0. The summed E-state index contributed by atoms with van der Waals surface area (Å²) in [4.78, 5) is 5.28.